The van der Waals surface area contributed by atoms with Gasteiger partial charge >= 0.3 is 0 Å². The van der Waals surface area contributed by atoms with Crippen molar-refractivity contribution in [2.75, 3.05) is 4.90 Å². The third-order valence-electron chi connectivity index (χ3n) is 3.30. The van der Waals surface area contributed by atoms with E-state index in [-0.39, 0.29) is 5.91 Å². The Morgan fingerprint density at radius 2 is 2.00 bits per heavy atom. The van der Waals surface area contributed by atoms with Gasteiger partial charge < -0.3 is 4.90 Å². The van der Waals surface area contributed by atoms with Crippen molar-refractivity contribution >= 4 is 27.5 Å². The highest BCUT2D eigenvalue weighted by molar-refractivity contribution is 9.10. The third-order valence-corrected chi connectivity index (χ3v) is 3.77. The Labute approximate surface area is 120 Å². The molecular formula is C15H13BrN2O. The van der Waals surface area contributed by atoms with Crippen LogP contribution in [0, 0.1) is 0 Å². The minimum absolute atomic E-state index is 0.170. The molecule has 1 aromatic carbocycles. The maximum absolute atomic E-state index is 12.1. The van der Waals surface area contributed by atoms with Gasteiger partial charge in [0.2, 0.25) is 5.91 Å². The normalized spacial score (nSPS) is 14.4. The predicted octanol–water partition coefficient (Wildman–Crippen LogP) is 3.32. The molecule has 0 fully saturated rings. The van der Waals surface area contributed by atoms with E-state index in [1.807, 2.05) is 35.2 Å². The van der Waals surface area contributed by atoms with Gasteiger partial charge in [0.25, 0.3) is 0 Å². The van der Waals surface area contributed by atoms with Gasteiger partial charge in [0.05, 0.1) is 12.2 Å². The van der Waals surface area contributed by atoms with Gasteiger partial charge in [-0.3, -0.25) is 9.78 Å². The third kappa shape index (κ3) is 2.54. The Balaban J connectivity index is 1.91. The number of para-hydroxylation sites is 1. The maximum atomic E-state index is 12.1. The van der Waals surface area contributed by atoms with E-state index in [1.54, 1.807) is 6.20 Å². The number of fused-ring (bicyclic) bond motifs is 1. The number of amides is 1. The van der Waals surface area contributed by atoms with Crippen molar-refractivity contribution in [2.24, 2.45) is 0 Å². The molecule has 0 spiro atoms. The fourth-order valence-corrected chi connectivity index (χ4v) is 2.57. The molecule has 2 aromatic rings. The van der Waals surface area contributed by atoms with Crippen LogP contribution in [0.5, 0.6) is 0 Å². The summed E-state index contributed by atoms with van der Waals surface area (Å²) in [7, 11) is 0. The molecule has 2 heterocycles. The van der Waals surface area contributed by atoms with Crippen LogP contribution in [0.3, 0.4) is 0 Å². The number of benzene rings is 1. The van der Waals surface area contributed by atoms with Crippen molar-refractivity contribution in [1.82, 2.24) is 4.98 Å². The summed E-state index contributed by atoms with van der Waals surface area (Å²) < 4.78 is 0.946. The quantitative estimate of drug-likeness (QED) is 0.851. The largest absolute Gasteiger partial charge is 0.306 e. The van der Waals surface area contributed by atoms with E-state index in [1.165, 1.54) is 5.56 Å². The van der Waals surface area contributed by atoms with Gasteiger partial charge in [-0.1, -0.05) is 18.2 Å². The van der Waals surface area contributed by atoms with Crippen LogP contribution >= 0.6 is 15.9 Å². The summed E-state index contributed by atoms with van der Waals surface area (Å²) in [5, 5.41) is 0. The van der Waals surface area contributed by atoms with Crippen molar-refractivity contribution in [3.63, 3.8) is 0 Å². The number of hydrogen-bond donors (Lipinski definition) is 0. The fourth-order valence-electron chi connectivity index (χ4n) is 2.33. The summed E-state index contributed by atoms with van der Waals surface area (Å²) in [6.07, 6.45) is 3.17. The lowest BCUT2D eigenvalue weighted by Gasteiger charge is -2.29. The predicted molar refractivity (Wildman–Crippen MR) is 77.9 cm³/mol. The van der Waals surface area contributed by atoms with Crippen LogP contribution in [-0.4, -0.2) is 10.9 Å². The second-order valence-corrected chi connectivity index (χ2v) is 5.49. The highest BCUT2D eigenvalue weighted by atomic mass is 79.9. The molecule has 0 bridgehead atoms. The Hall–Kier alpha value is -1.68. The summed E-state index contributed by atoms with van der Waals surface area (Å²) in [4.78, 5) is 18.3. The van der Waals surface area contributed by atoms with E-state index in [2.05, 4.69) is 27.0 Å². The molecule has 3 rings (SSSR count). The van der Waals surface area contributed by atoms with Crippen LogP contribution in [-0.2, 0) is 17.8 Å². The molecule has 0 saturated carbocycles. The Morgan fingerprint density at radius 1 is 1.16 bits per heavy atom. The van der Waals surface area contributed by atoms with Gasteiger partial charge in [-0.15, -0.1) is 0 Å². The van der Waals surface area contributed by atoms with Crippen molar-refractivity contribution in [3.05, 3.63) is 58.3 Å². The number of aromatic nitrogens is 1. The van der Waals surface area contributed by atoms with E-state index in [0.29, 0.717) is 13.0 Å². The van der Waals surface area contributed by atoms with E-state index in [0.717, 1.165) is 22.3 Å². The molecule has 96 valence electrons. The summed E-state index contributed by atoms with van der Waals surface area (Å²) >= 11 is 3.37. The molecule has 0 atom stereocenters. The Morgan fingerprint density at radius 3 is 2.79 bits per heavy atom. The van der Waals surface area contributed by atoms with Crippen LogP contribution < -0.4 is 4.90 Å². The average molecular weight is 317 g/mol. The lowest BCUT2D eigenvalue weighted by atomic mass is 10.0. The monoisotopic (exact) mass is 316 g/mol. The highest BCUT2D eigenvalue weighted by Crippen LogP contribution is 2.28. The zero-order chi connectivity index (χ0) is 13.2. The van der Waals surface area contributed by atoms with Gasteiger partial charge in [-0.05, 0) is 46.1 Å². The van der Waals surface area contributed by atoms with Crippen LogP contribution in [0.4, 0.5) is 5.69 Å². The summed E-state index contributed by atoms with van der Waals surface area (Å²) in [5.74, 6) is 0.170. The lowest BCUT2D eigenvalue weighted by molar-refractivity contribution is -0.119. The second-order valence-electron chi connectivity index (χ2n) is 4.58. The van der Waals surface area contributed by atoms with Crippen LogP contribution in [0.15, 0.2) is 47.1 Å². The molecule has 1 aliphatic heterocycles. The summed E-state index contributed by atoms with van der Waals surface area (Å²) in [5.41, 5.74) is 3.15. The Kier molecular flexibility index (Phi) is 3.34. The minimum atomic E-state index is 0.170. The molecular weight excluding hydrogens is 304 g/mol. The number of halogens is 1. The molecule has 19 heavy (non-hydrogen) atoms. The van der Waals surface area contributed by atoms with E-state index < -0.39 is 0 Å². The van der Waals surface area contributed by atoms with E-state index in [9.17, 15) is 4.79 Å². The average Bonchev–Trinajstić information content (AvgIpc) is 2.44. The van der Waals surface area contributed by atoms with Gasteiger partial charge in [-0.25, -0.2) is 0 Å². The fraction of sp³-hybridized carbons (Fsp3) is 0.200. The SMILES string of the molecule is O=C1CCc2ccccc2N1Cc1ccc(Br)cn1. The molecule has 1 amide bonds. The number of pyridine rings is 1. The summed E-state index contributed by atoms with van der Waals surface area (Å²) in [6, 6.07) is 12.0. The standard InChI is InChI=1S/C15H13BrN2O/c16-12-6-7-13(17-9-12)10-18-14-4-2-1-3-11(14)5-8-15(18)19/h1-4,6-7,9H,5,8,10H2. The van der Waals surface area contributed by atoms with Crippen LogP contribution in [0.25, 0.3) is 0 Å². The molecule has 1 aliphatic rings. The maximum Gasteiger partial charge on any atom is 0.227 e. The van der Waals surface area contributed by atoms with Gasteiger partial charge in [0.15, 0.2) is 0 Å². The van der Waals surface area contributed by atoms with Crippen molar-refractivity contribution in [1.29, 1.82) is 0 Å². The molecule has 0 radical (unpaired) electrons. The first-order valence-electron chi connectivity index (χ1n) is 6.23. The zero-order valence-corrected chi connectivity index (χ0v) is 11.9. The number of anilines is 1. The van der Waals surface area contributed by atoms with Crippen LogP contribution in [0.2, 0.25) is 0 Å². The van der Waals surface area contributed by atoms with Crippen molar-refractivity contribution in [3.8, 4) is 0 Å². The van der Waals surface area contributed by atoms with Crippen molar-refractivity contribution in [2.45, 2.75) is 19.4 Å². The first kappa shape index (κ1) is 12.4. The zero-order valence-electron chi connectivity index (χ0n) is 10.3. The van der Waals surface area contributed by atoms with Crippen LogP contribution in [0.1, 0.15) is 17.7 Å². The summed E-state index contributed by atoms with van der Waals surface area (Å²) in [6.45, 7) is 0.531. The minimum Gasteiger partial charge on any atom is -0.306 e. The molecule has 0 N–H and O–H groups in total. The molecule has 1 aromatic heterocycles. The first-order valence-corrected chi connectivity index (χ1v) is 7.02. The van der Waals surface area contributed by atoms with Crippen molar-refractivity contribution < 1.29 is 4.79 Å². The molecule has 3 nitrogen and oxygen atoms in total. The number of carbonyl (C=O) groups excluding carboxylic acids is 1. The molecule has 0 saturated heterocycles. The smallest absolute Gasteiger partial charge is 0.227 e. The molecule has 0 aliphatic carbocycles. The number of aryl methyl sites for hydroxylation is 1. The van der Waals surface area contributed by atoms with Gasteiger partial charge in [-0.2, -0.15) is 0 Å². The van der Waals surface area contributed by atoms with E-state index >= 15 is 0 Å². The topological polar surface area (TPSA) is 33.2 Å². The second kappa shape index (κ2) is 5.13. The van der Waals surface area contributed by atoms with Gasteiger partial charge in [0, 0.05) is 22.8 Å². The lowest BCUT2D eigenvalue weighted by Crippen LogP contribution is -2.34. The number of carbonyl (C=O) groups is 1. The Bertz CT molecular complexity index is 610. The molecule has 0 unspecified atom stereocenters. The number of nitrogens with zero attached hydrogens (tertiary/aromatic N) is 2. The number of hydrogen-bond acceptors (Lipinski definition) is 2. The van der Waals surface area contributed by atoms with E-state index in [4.69, 9.17) is 0 Å². The first-order chi connectivity index (χ1) is 9.24. The number of rotatable bonds is 2. The highest BCUT2D eigenvalue weighted by Gasteiger charge is 2.23. The van der Waals surface area contributed by atoms with Gasteiger partial charge in [0.1, 0.15) is 0 Å². The molecule has 4 heteroatoms.